The number of likely N-dealkylation sites (N-methyl/N-ethyl adjacent to an activating group) is 1. The molecule has 0 bridgehead atoms. The Labute approximate surface area is 101 Å². The number of aliphatic hydroxyl groups excluding tert-OH is 2. The largest absolute Gasteiger partial charge is 0.505 e. The van der Waals surface area contributed by atoms with E-state index in [4.69, 9.17) is 0 Å². The second kappa shape index (κ2) is 5.58. The first-order valence-corrected chi connectivity index (χ1v) is 5.45. The van der Waals surface area contributed by atoms with Gasteiger partial charge in [-0.15, -0.1) is 0 Å². The number of benzene rings is 1. The molecular weight excluding hydrogens is 281 g/mol. The van der Waals surface area contributed by atoms with Gasteiger partial charge in [0, 0.05) is 16.6 Å². The molecule has 0 heterocycles. The zero-order chi connectivity index (χ0) is 12.3. The molecule has 0 saturated heterocycles. The van der Waals surface area contributed by atoms with Gasteiger partial charge in [0.05, 0.1) is 6.10 Å². The SMILES string of the molecule is CNCC(O)C(O)c1cc(Br)cc(F)c1O. The summed E-state index contributed by atoms with van der Waals surface area (Å²) in [5.41, 5.74) is -0.0466. The monoisotopic (exact) mass is 293 g/mol. The number of rotatable bonds is 4. The van der Waals surface area contributed by atoms with Crippen molar-refractivity contribution >= 4 is 15.9 Å². The molecule has 0 aliphatic rings. The lowest BCUT2D eigenvalue weighted by Gasteiger charge is -2.19. The van der Waals surface area contributed by atoms with Crippen LogP contribution in [-0.2, 0) is 0 Å². The third kappa shape index (κ3) is 2.91. The first kappa shape index (κ1) is 13.4. The third-order valence-corrected chi connectivity index (χ3v) is 2.61. The molecule has 0 fully saturated rings. The fourth-order valence-corrected chi connectivity index (χ4v) is 1.79. The molecule has 0 aliphatic heterocycles. The van der Waals surface area contributed by atoms with Crippen molar-refractivity contribution in [3.05, 3.63) is 28.0 Å². The van der Waals surface area contributed by atoms with Crippen LogP contribution in [0.4, 0.5) is 4.39 Å². The summed E-state index contributed by atoms with van der Waals surface area (Å²) in [6.07, 6.45) is -2.47. The first-order chi connectivity index (χ1) is 7.47. The number of nitrogens with one attached hydrogen (secondary N) is 1. The van der Waals surface area contributed by atoms with Gasteiger partial charge in [-0.3, -0.25) is 0 Å². The number of aromatic hydroxyl groups is 1. The highest BCUT2D eigenvalue weighted by atomic mass is 79.9. The zero-order valence-electron chi connectivity index (χ0n) is 8.61. The number of halogens is 2. The van der Waals surface area contributed by atoms with E-state index in [1.54, 1.807) is 7.05 Å². The van der Waals surface area contributed by atoms with Crippen molar-refractivity contribution in [1.82, 2.24) is 5.32 Å². The second-order valence-electron chi connectivity index (χ2n) is 3.40. The fraction of sp³-hybridized carbons (Fsp3) is 0.400. The van der Waals surface area contributed by atoms with E-state index in [-0.39, 0.29) is 12.1 Å². The van der Waals surface area contributed by atoms with Crippen molar-refractivity contribution in [3.63, 3.8) is 0 Å². The summed E-state index contributed by atoms with van der Waals surface area (Å²) in [6, 6.07) is 2.44. The molecule has 0 radical (unpaired) electrons. The smallest absolute Gasteiger partial charge is 0.166 e. The summed E-state index contributed by atoms with van der Waals surface area (Å²) in [6.45, 7) is 0.134. The van der Waals surface area contributed by atoms with E-state index in [2.05, 4.69) is 21.2 Å². The molecule has 6 heteroatoms. The maximum atomic E-state index is 13.2. The van der Waals surface area contributed by atoms with Crippen molar-refractivity contribution in [2.75, 3.05) is 13.6 Å². The van der Waals surface area contributed by atoms with Gasteiger partial charge >= 0.3 is 0 Å². The molecule has 16 heavy (non-hydrogen) atoms. The summed E-state index contributed by atoms with van der Waals surface area (Å²) in [7, 11) is 1.61. The Morgan fingerprint density at radius 1 is 1.44 bits per heavy atom. The molecule has 4 N–H and O–H groups in total. The van der Waals surface area contributed by atoms with Crippen LogP contribution in [0.2, 0.25) is 0 Å². The highest BCUT2D eigenvalue weighted by Gasteiger charge is 2.23. The standard InChI is InChI=1S/C10H13BrFNO3/c1-13-4-8(14)10(16)6-2-5(11)3-7(12)9(6)15/h2-3,8,10,13-16H,4H2,1H3. The molecule has 0 spiro atoms. The number of phenolic OH excluding ortho intramolecular Hbond substituents is 1. The lowest BCUT2D eigenvalue weighted by atomic mass is 10.0. The second-order valence-corrected chi connectivity index (χ2v) is 4.31. The van der Waals surface area contributed by atoms with Gasteiger partial charge in [0.1, 0.15) is 6.10 Å². The predicted octanol–water partition coefficient (Wildman–Crippen LogP) is 0.907. The van der Waals surface area contributed by atoms with Crippen molar-refractivity contribution < 1.29 is 19.7 Å². The van der Waals surface area contributed by atoms with E-state index in [1.165, 1.54) is 6.07 Å². The van der Waals surface area contributed by atoms with Crippen molar-refractivity contribution in [2.45, 2.75) is 12.2 Å². The van der Waals surface area contributed by atoms with Gasteiger partial charge in [-0.25, -0.2) is 4.39 Å². The van der Waals surface area contributed by atoms with Crippen molar-refractivity contribution in [3.8, 4) is 5.75 Å². The van der Waals surface area contributed by atoms with Crippen LogP contribution in [0.3, 0.4) is 0 Å². The van der Waals surface area contributed by atoms with Gasteiger partial charge in [-0.2, -0.15) is 0 Å². The molecule has 0 amide bonds. The van der Waals surface area contributed by atoms with E-state index in [0.29, 0.717) is 4.47 Å². The Balaban J connectivity index is 3.03. The summed E-state index contributed by atoms with van der Waals surface area (Å²) in [5.74, 6) is -1.49. The highest BCUT2D eigenvalue weighted by molar-refractivity contribution is 9.10. The van der Waals surface area contributed by atoms with Crippen LogP contribution in [0.1, 0.15) is 11.7 Å². The minimum atomic E-state index is -1.35. The molecule has 0 aromatic heterocycles. The Kier molecular flexibility index (Phi) is 4.67. The van der Waals surface area contributed by atoms with Crippen LogP contribution in [-0.4, -0.2) is 35.0 Å². The van der Waals surface area contributed by atoms with Crippen LogP contribution in [0.5, 0.6) is 5.75 Å². The first-order valence-electron chi connectivity index (χ1n) is 4.66. The Hall–Kier alpha value is -0.690. The number of phenols is 1. The summed E-state index contributed by atoms with van der Waals surface area (Å²) < 4.78 is 13.5. The van der Waals surface area contributed by atoms with Crippen LogP contribution < -0.4 is 5.32 Å². The van der Waals surface area contributed by atoms with Gasteiger partial charge in [0.2, 0.25) is 0 Å². The van der Waals surface area contributed by atoms with Crippen LogP contribution in [0.15, 0.2) is 16.6 Å². The molecule has 0 aliphatic carbocycles. The lowest BCUT2D eigenvalue weighted by molar-refractivity contribution is 0.0186. The number of aliphatic hydroxyl groups is 2. The summed E-state index contributed by atoms with van der Waals surface area (Å²) in [5, 5.41) is 31.3. The van der Waals surface area contributed by atoms with Gasteiger partial charge in [0.25, 0.3) is 0 Å². The van der Waals surface area contributed by atoms with Crippen LogP contribution in [0, 0.1) is 5.82 Å². The maximum absolute atomic E-state index is 13.2. The Bertz CT molecular complexity index is 375. The lowest BCUT2D eigenvalue weighted by Crippen LogP contribution is -2.29. The fourth-order valence-electron chi connectivity index (χ4n) is 1.34. The van der Waals surface area contributed by atoms with Gasteiger partial charge < -0.3 is 20.6 Å². The van der Waals surface area contributed by atoms with Crippen molar-refractivity contribution in [1.29, 1.82) is 0 Å². The van der Waals surface area contributed by atoms with Gasteiger partial charge in [0.15, 0.2) is 11.6 Å². The summed E-state index contributed by atoms with van der Waals surface area (Å²) in [4.78, 5) is 0. The van der Waals surface area contributed by atoms with Gasteiger partial charge in [-0.1, -0.05) is 15.9 Å². The quantitative estimate of drug-likeness (QED) is 0.666. The molecular formula is C10H13BrFNO3. The van der Waals surface area contributed by atoms with Gasteiger partial charge in [-0.05, 0) is 19.2 Å². The highest BCUT2D eigenvalue weighted by Crippen LogP contribution is 2.32. The van der Waals surface area contributed by atoms with E-state index in [0.717, 1.165) is 6.07 Å². The molecule has 2 atom stereocenters. The Morgan fingerprint density at radius 2 is 2.06 bits per heavy atom. The normalized spacial score (nSPS) is 14.8. The maximum Gasteiger partial charge on any atom is 0.166 e. The summed E-state index contributed by atoms with van der Waals surface area (Å²) >= 11 is 3.04. The zero-order valence-corrected chi connectivity index (χ0v) is 10.2. The minimum absolute atomic E-state index is 0.0466. The Morgan fingerprint density at radius 3 is 2.62 bits per heavy atom. The topological polar surface area (TPSA) is 72.7 Å². The number of hydrogen-bond donors (Lipinski definition) is 4. The van der Waals surface area contributed by atoms with E-state index >= 15 is 0 Å². The molecule has 1 aromatic rings. The van der Waals surface area contributed by atoms with E-state index in [1.807, 2.05) is 0 Å². The molecule has 2 unspecified atom stereocenters. The van der Waals surface area contributed by atoms with E-state index in [9.17, 15) is 19.7 Å². The van der Waals surface area contributed by atoms with E-state index < -0.39 is 23.8 Å². The molecule has 1 rings (SSSR count). The predicted molar refractivity (Wildman–Crippen MR) is 60.7 cm³/mol. The average molecular weight is 294 g/mol. The molecule has 4 nitrogen and oxygen atoms in total. The molecule has 1 aromatic carbocycles. The molecule has 90 valence electrons. The molecule has 0 saturated carbocycles. The van der Waals surface area contributed by atoms with Crippen molar-refractivity contribution in [2.24, 2.45) is 0 Å². The van der Waals surface area contributed by atoms with Crippen LogP contribution >= 0.6 is 15.9 Å². The minimum Gasteiger partial charge on any atom is -0.505 e. The third-order valence-electron chi connectivity index (χ3n) is 2.15. The average Bonchev–Trinajstić information content (AvgIpc) is 2.22. The number of hydrogen-bond acceptors (Lipinski definition) is 4. The van der Waals surface area contributed by atoms with Crippen LogP contribution in [0.25, 0.3) is 0 Å².